The second-order valence-corrected chi connectivity index (χ2v) is 5.47. The van der Waals surface area contributed by atoms with E-state index in [2.05, 4.69) is 29.4 Å². The van der Waals surface area contributed by atoms with Crippen molar-refractivity contribution in [3.8, 4) is 5.75 Å². The summed E-state index contributed by atoms with van der Waals surface area (Å²) in [5.41, 5.74) is 1.08. The first-order valence-corrected chi connectivity index (χ1v) is 7.13. The van der Waals surface area contributed by atoms with Crippen LogP contribution >= 0.6 is 11.6 Å². The average molecular weight is 308 g/mol. The van der Waals surface area contributed by atoms with Crippen LogP contribution in [0.4, 0.5) is 5.69 Å². The zero-order valence-electron chi connectivity index (χ0n) is 12.0. The van der Waals surface area contributed by atoms with E-state index in [1.165, 1.54) is 6.20 Å². The number of para-hydroxylation sites is 1. The van der Waals surface area contributed by atoms with Crippen LogP contribution in [-0.2, 0) is 6.54 Å². The highest BCUT2D eigenvalue weighted by Gasteiger charge is 2.07. The Morgan fingerprint density at radius 1 is 1.38 bits per heavy atom. The summed E-state index contributed by atoms with van der Waals surface area (Å²) in [4.78, 5) is 11.4. The van der Waals surface area contributed by atoms with E-state index in [4.69, 9.17) is 16.3 Å². The monoisotopic (exact) mass is 307 g/mol. The van der Waals surface area contributed by atoms with E-state index in [0.717, 1.165) is 11.3 Å². The van der Waals surface area contributed by atoms with Crippen LogP contribution < -0.4 is 15.6 Å². The van der Waals surface area contributed by atoms with Gasteiger partial charge in [0.25, 0.3) is 5.56 Å². The third kappa shape index (κ3) is 4.23. The maximum Gasteiger partial charge on any atom is 0.285 e. The quantitative estimate of drug-likeness (QED) is 0.860. The van der Waals surface area contributed by atoms with Gasteiger partial charge in [0.15, 0.2) is 0 Å². The van der Waals surface area contributed by atoms with Crippen molar-refractivity contribution >= 4 is 17.3 Å². The Kier molecular flexibility index (Phi) is 5.22. The minimum absolute atomic E-state index is 0.102. The number of halogens is 1. The molecule has 1 aromatic heterocycles. The van der Waals surface area contributed by atoms with Gasteiger partial charge in [0.1, 0.15) is 10.8 Å². The molecule has 0 radical (unpaired) electrons. The number of anilines is 1. The number of aromatic amines is 1. The lowest BCUT2D eigenvalue weighted by Gasteiger charge is -2.14. The first kappa shape index (κ1) is 15.4. The smallest absolute Gasteiger partial charge is 0.285 e. The number of rotatable bonds is 6. The lowest BCUT2D eigenvalue weighted by Crippen LogP contribution is -2.12. The molecular formula is C15H18ClN3O2. The fraction of sp³-hybridized carbons (Fsp3) is 0.333. The molecule has 0 atom stereocenters. The third-order valence-corrected chi connectivity index (χ3v) is 3.18. The minimum atomic E-state index is -0.411. The molecule has 1 heterocycles. The Balaban J connectivity index is 2.09. The molecule has 0 unspecified atom stereocenters. The molecule has 0 spiro atoms. The van der Waals surface area contributed by atoms with Gasteiger partial charge in [-0.3, -0.25) is 4.79 Å². The number of ether oxygens (including phenoxy) is 1. The van der Waals surface area contributed by atoms with Gasteiger partial charge in [-0.05, 0) is 12.0 Å². The molecule has 0 saturated heterocycles. The summed E-state index contributed by atoms with van der Waals surface area (Å²) in [6.07, 6.45) is 1.49. The Morgan fingerprint density at radius 2 is 2.14 bits per heavy atom. The maximum atomic E-state index is 11.4. The van der Waals surface area contributed by atoms with Crippen molar-refractivity contribution in [2.75, 3.05) is 11.9 Å². The van der Waals surface area contributed by atoms with Gasteiger partial charge >= 0.3 is 0 Å². The first-order chi connectivity index (χ1) is 10.1. The normalized spacial score (nSPS) is 10.7. The largest absolute Gasteiger partial charge is 0.493 e. The highest BCUT2D eigenvalue weighted by atomic mass is 35.5. The number of nitrogens with one attached hydrogen (secondary N) is 2. The highest BCUT2D eigenvalue weighted by Crippen LogP contribution is 2.21. The molecule has 21 heavy (non-hydrogen) atoms. The predicted molar refractivity (Wildman–Crippen MR) is 84.0 cm³/mol. The lowest BCUT2D eigenvalue weighted by atomic mass is 10.2. The Hall–Kier alpha value is -2.01. The van der Waals surface area contributed by atoms with Crippen LogP contribution in [0, 0.1) is 5.92 Å². The van der Waals surface area contributed by atoms with Gasteiger partial charge < -0.3 is 10.1 Å². The van der Waals surface area contributed by atoms with Crippen molar-refractivity contribution in [1.29, 1.82) is 0 Å². The molecule has 0 bridgehead atoms. The summed E-state index contributed by atoms with van der Waals surface area (Å²) in [6, 6.07) is 7.77. The number of benzene rings is 1. The van der Waals surface area contributed by atoms with Crippen molar-refractivity contribution in [2.24, 2.45) is 5.92 Å². The molecule has 6 heteroatoms. The van der Waals surface area contributed by atoms with E-state index in [1.54, 1.807) is 0 Å². The Morgan fingerprint density at radius 3 is 2.90 bits per heavy atom. The molecule has 112 valence electrons. The molecular weight excluding hydrogens is 290 g/mol. The van der Waals surface area contributed by atoms with Crippen LogP contribution in [0.1, 0.15) is 19.4 Å². The van der Waals surface area contributed by atoms with Crippen LogP contribution in [-0.4, -0.2) is 16.8 Å². The Labute approximate surface area is 128 Å². The summed E-state index contributed by atoms with van der Waals surface area (Å²) in [5.74, 6) is 1.28. The number of hydrogen-bond acceptors (Lipinski definition) is 4. The van der Waals surface area contributed by atoms with E-state index in [0.29, 0.717) is 24.8 Å². The number of nitrogens with zero attached hydrogens (tertiary/aromatic N) is 1. The molecule has 0 fully saturated rings. The van der Waals surface area contributed by atoms with Crippen molar-refractivity contribution in [3.05, 3.63) is 51.4 Å². The lowest BCUT2D eigenvalue weighted by molar-refractivity contribution is 0.269. The van der Waals surface area contributed by atoms with Crippen LogP contribution in [0.25, 0.3) is 0 Å². The first-order valence-electron chi connectivity index (χ1n) is 6.75. The van der Waals surface area contributed by atoms with E-state index in [-0.39, 0.29) is 5.02 Å². The summed E-state index contributed by atoms with van der Waals surface area (Å²) in [7, 11) is 0. The topological polar surface area (TPSA) is 67.0 Å². The minimum Gasteiger partial charge on any atom is -0.493 e. The van der Waals surface area contributed by atoms with Gasteiger partial charge in [0.05, 0.1) is 18.5 Å². The van der Waals surface area contributed by atoms with Crippen molar-refractivity contribution in [3.63, 3.8) is 0 Å². The molecule has 2 N–H and O–H groups in total. The molecule has 2 aromatic rings. The average Bonchev–Trinajstić information content (AvgIpc) is 2.47. The summed E-state index contributed by atoms with van der Waals surface area (Å²) >= 11 is 5.92. The van der Waals surface area contributed by atoms with Gasteiger partial charge in [-0.2, -0.15) is 5.10 Å². The van der Waals surface area contributed by atoms with Gasteiger partial charge in [-0.1, -0.05) is 43.6 Å². The van der Waals surface area contributed by atoms with E-state index < -0.39 is 5.56 Å². The van der Waals surface area contributed by atoms with Gasteiger partial charge in [-0.15, -0.1) is 0 Å². The van der Waals surface area contributed by atoms with Crippen LogP contribution in [0.15, 0.2) is 35.3 Å². The van der Waals surface area contributed by atoms with Gasteiger partial charge in [0.2, 0.25) is 0 Å². The van der Waals surface area contributed by atoms with E-state index >= 15 is 0 Å². The van der Waals surface area contributed by atoms with E-state index in [9.17, 15) is 4.79 Å². The van der Waals surface area contributed by atoms with E-state index in [1.807, 2.05) is 24.3 Å². The fourth-order valence-electron chi connectivity index (χ4n) is 1.74. The molecule has 0 amide bonds. The molecule has 2 rings (SSSR count). The fourth-order valence-corrected chi connectivity index (χ4v) is 1.90. The Bertz CT molecular complexity index is 655. The molecule has 0 aliphatic carbocycles. The molecule has 0 saturated carbocycles. The molecule has 0 aliphatic rings. The zero-order chi connectivity index (χ0) is 15.2. The SMILES string of the molecule is CC(C)COc1ccccc1CNc1cn[nH]c(=O)c1Cl. The second-order valence-electron chi connectivity index (χ2n) is 5.09. The number of hydrogen-bond donors (Lipinski definition) is 2. The van der Waals surface area contributed by atoms with Crippen LogP contribution in [0.2, 0.25) is 5.02 Å². The van der Waals surface area contributed by atoms with Crippen molar-refractivity contribution < 1.29 is 4.74 Å². The standard InChI is InChI=1S/C15H18ClN3O2/c1-10(2)9-21-13-6-4-3-5-11(13)7-17-12-8-18-19-15(20)14(12)16/h3-6,8,10H,7,9H2,1-2H3,(H2,17,19,20). The number of aromatic nitrogens is 2. The highest BCUT2D eigenvalue weighted by molar-refractivity contribution is 6.32. The molecule has 5 nitrogen and oxygen atoms in total. The van der Waals surface area contributed by atoms with Crippen molar-refractivity contribution in [1.82, 2.24) is 10.2 Å². The zero-order valence-corrected chi connectivity index (χ0v) is 12.8. The summed E-state index contributed by atoms with van der Waals surface area (Å²) < 4.78 is 5.78. The maximum absolute atomic E-state index is 11.4. The molecule has 1 aromatic carbocycles. The molecule has 0 aliphatic heterocycles. The van der Waals surface area contributed by atoms with Crippen molar-refractivity contribution in [2.45, 2.75) is 20.4 Å². The second kappa shape index (κ2) is 7.13. The van der Waals surface area contributed by atoms with Crippen LogP contribution in [0.5, 0.6) is 5.75 Å². The summed E-state index contributed by atoms with van der Waals surface area (Å²) in [5, 5.41) is 9.21. The van der Waals surface area contributed by atoms with Crippen LogP contribution in [0.3, 0.4) is 0 Å². The third-order valence-electron chi connectivity index (χ3n) is 2.81. The predicted octanol–water partition coefficient (Wildman–Crippen LogP) is 3.07. The van der Waals surface area contributed by atoms with Gasteiger partial charge in [-0.25, -0.2) is 5.10 Å². The van der Waals surface area contributed by atoms with Gasteiger partial charge in [0, 0.05) is 12.1 Å². The summed E-state index contributed by atoms with van der Waals surface area (Å²) in [6.45, 7) is 5.36. The number of H-pyrrole nitrogens is 1.